The number of nitrogens with one attached hydrogen (secondary N) is 1. The highest BCUT2D eigenvalue weighted by Crippen LogP contribution is 2.02. The molecule has 0 spiro atoms. The lowest BCUT2D eigenvalue weighted by molar-refractivity contribution is -0.115. The number of ether oxygens (including phenoxy) is 2. The molecule has 1 N–H and O–H groups in total. The second-order valence-electron chi connectivity index (χ2n) is 3.11. The van der Waals surface area contributed by atoms with E-state index in [0.29, 0.717) is 12.3 Å². The van der Waals surface area contributed by atoms with Crippen molar-refractivity contribution in [1.29, 1.82) is 0 Å². The number of halogens is 1. The fourth-order valence-electron chi connectivity index (χ4n) is 1.15. The average Bonchev–Trinajstić information content (AvgIpc) is 2.16. The van der Waals surface area contributed by atoms with Crippen LogP contribution in [0.1, 0.15) is 13.3 Å². The Bertz CT molecular complexity index is 253. The highest BCUT2D eigenvalue weighted by atomic mass is 35.5. The van der Waals surface area contributed by atoms with Crippen LogP contribution < -0.4 is 4.72 Å². The molecule has 0 rings (SSSR count). The molecule has 0 radical (unpaired) electrons. The third kappa shape index (κ3) is 6.32. The fraction of sp³-hybridized carbons (Fsp3) is 1.00. The second kappa shape index (κ2) is 7.40. The Kier molecular flexibility index (Phi) is 7.46. The summed E-state index contributed by atoms with van der Waals surface area (Å²) in [7, 11) is -0.390. The Labute approximate surface area is 96.1 Å². The van der Waals surface area contributed by atoms with Crippen molar-refractivity contribution in [3.63, 3.8) is 0 Å². The van der Waals surface area contributed by atoms with Gasteiger partial charge in [-0.3, -0.25) is 0 Å². The van der Waals surface area contributed by atoms with Crippen LogP contribution in [-0.2, 0) is 19.5 Å². The van der Waals surface area contributed by atoms with E-state index in [1.807, 2.05) is 0 Å². The normalized spacial score (nSPS) is 14.5. The topological polar surface area (TPSA) is 64.6 Å². The second-order valence-corrected chi connectivity index (χ2v) is 5.36. The van der Waals surface area contributed by atoms with E-state index >= 15 is 0 Å². The lowest BCUT2D eigenvalue weighted by Gasteiger charge is -2.21. The van der Waals surface area contributed by atoms with Gasteiger partial charge in [0.25, 0.3) is 0 Å². The maximum Gasteiger partial charge on any atom is 0.212 e. The van der Waals surface area contributed by atoms with Crippen molar-refractivity contribution in [2.45, 2.75) is 25.7 Å². The summed E-state index contributed by atoms with van der Waals surface area (Å²) < 4.78 is 35.2. The average molecular weight is 260 g/mol. The molecule has 0 aromatic rings. The van der Waals surface area contributed by atoms with Crippen molar-refractivity contribution >= 4 is 21.6 Å². The molecule has 15 heavy (non-hydrogen) atoms. The Balaban J connectivity index is 4.19. The zero-order valence-corrected chi connectivity index (χ0v) is 10.8. The van der Waals surface area contributed by atoms with E-state index in [0.717, 1.165) is 0 Å². The number of sulfonamides is 1. The van der Waals surface area contributed by atoms with Gasteiger partial charge in [0.15, 0.2) is 6.29 Å². The summed E-state index contributed by atoms with van der Waals surface area (Å²) in [5, 5.41) is 0. The summed E-state index contributed by atoms with van der Waals surface area (Å²) >= 11 is 5.42. The fourth-order valence-corrected chi connectivity index (χ4v) is 2.76. The van der Waals surface area contributed by atoms with E-state index in [1.54, 1.807) is 6.92 Å². The number of alkyl halides is 1. The maximum atomic E-state index is 11.5. The standard InChI is InChI=1S/C8H18ClNO4S/c1-7(8(13-2)14-3)10-15(11,12)6-4-5-9/h7-8,10H,4-6H2,1-3H3. The van der Waals surface area contributed by atoms with Gasteiger partial charge >= 0.3 is 0 Å². The summed E-state index contributed by atoms with van der Waals surface area (Å²) in [6.07, 6.45) is -0.162. The van der Waals surface area contributed by atoms with Gasteiger partial charge in [-0.05, 0) is 13.3 Å². The van der Waals surface area contributed by atoms with Gasteiger partial charge in [-0.25, -0.2) is 13.1 Å². The quantitative estimate of drug-likeness (QED) is 0.511. The van der Waals surface area contributed by atoms with E-state index < -0.39 is 22.4 Å². The van der Waals surface area contributed by atoms with Crippen LogP contribution in [0.3, 0.4) is 0 Å². The summed E-state index contributed by atoms with van der Waals surface area (Å²) in [5.74, 6) is 0.342. The monoisotopic (exact) mass is 259 g/mol. The molecular weight excluding hydrogens is 242 g/mol. The van der Waals surface area contributed by atoms with E-state index in [1.165, 1.54) is 14.2 Å². The summed E-state index contributed by atoms with van der Waals surface area (Å²) in [6, 6.07) is -0.430. The lowest BCUT2D eigenvalue weighted by atomic mass is 10.3. The molecule has 1 atom stereocenters. The Morgan fingerprint density at radius 2 is 1.87 bits per heavy atom. The van der Waals surface area contributed by atoms with Gasteiger partial charge in [0, 0.05) is 20.1 Å². The maximum absolute atomic E-state index is 11.5. The largest absolute Gasteiger partial charge is 0.354 e. The minimum absolute atomic E-state index is 0.0149. The van der Waals surface area contributed by atoms with Crippen molar-refractivity contribution in [2.75, 3.05) is 25.9 Å². The third-order valence-corrected chi connectivity index (χ3v) is 3.61. The molecule has 7 heteroatoms. The van der Waals surface area contributed by atoms with E-state index in [4.69, 9.17) is 21.1 Å². The highest BCUT2D eigenvalue weighted by Gasteiger charge is 2.21. The molecular formula is C8H18ClNO4S. The molecule has 92 valence electrons. The SMILES string of the molecule is COC(OC)C(C)NS(=O)(=O)CCCCl. The predicted molar refractivity (Wildman–Crippen MR) is 59.5 cm³/mol. The zero-order chi connectivity index (χ0) is 11.9. The molecule has 1 unspecified atom stereocenters. The van der Waals surface area contributed by atoms with Gasteiger partial charge < -0.3 is 9.47 Å². The molecule has 0 aromatic carbocycles. The molecule has 0 heterocycles. The first kappa shape index (κ1) is 15.1. The van der Waals surface area contributed by atoms with Crippen molar-refractivity contribution in [3.8, 4) is 0 Å². The summed E-state index contributed by atoms with van der Waals surface area (Å²) in [6.45, 7) is 1.68. The van der Waals surface area contributed by atoms with Crippen LogP contribution in [0.25, 0.3) is 0 Å². The first-order valence-electron chi connectivity index (χ1n) is 4.58. The van der Waals surface area contributed by atoms with Gasteiger partial charge in [0.1, 0.15) is 0 Å². The van der Waals surface area contributed by atoms with Crippen LogP contribution in [0.2, 0.25) is 0 Å². The summed E-state index contributed by atoms with van der Waals surface area (Å²) in [4.78, 5) is 0. The van der Waals surface area contributed by atoms with Gasteiger partial charge in [-0.2, -0.15) is 0 Å². The molecule has 0 amide bonds. The number of methoxy groups -OCH3 is 2. The molecule has 0 fully saturated rings. The van der Waals surface area contributed by atoms with Crippen molar-refractivity contribution in [1.82, 2.24) is 4.72 Å². The molecule has 0 aliphatic carbocycles. The Hall–Kier alpha value is 0.120. The van der Waals surface area contributed by atoms with Crippen LogP contribution in [0.5, 0.6) is 0 Å². The molecule has 0 saturated carbocycles. The Morgan fingerprint density at radius 1 is 1.33 bits per heavy atom. The van der Waals surface area contributed by atoms with Crippen molar-refractivity contribution < 1.29 is 17.9 Å². The van der Waals surface area contributed by atoms with Gasteiger partial charge in [0.05, 0.1) is 11.8 Å². The minimum atomic E-state index is -3.30. The molecule has 0 aliphatic heterocycles. The molecule has 0 aromatic heterocycles. The number of hydrogen-bond donors (Lipinski definition) is 1. The predicted octanol–water partition coefficient (Wildman–Crippen LogP) is 0.542. The van der Waals surface area contributed by atoms with Gasteiger partial charge in [-0.1, -0.05) is 0 Å². The number of rotatable bonds is 8. The minimum Gasteiger partial charge on any atom is -0.354 e. The highest BCUT2D eigenvalue weighted by molar-refractivity contribution is 7.89. The lowest BCUT2D eigenvalue weighted by Crippen LogP contribution is -2.43. The molecule has 0 saturated heterocycles. The van der Waals surface area contributed by atoms with Crippen LogP contribution in [0.4, 0.5) is 0 Å². The van der Waals surface area contributed by atoms with E-state index in [2.05, 4.69) is 4.72 Å². The molecule has 5 nitrogen and oxygen atoms in total. The van der Waals surface area contributed by atoms with Crippen LogP contribution in [-0.4, -0.2) is 46.6 Å². The number of hydrogen-bond acceptors (Lipinski definition) is 4. The van der Waals surface area contributed by atoms with Gasteiger partial charge in [0.2, 0.25) is 10.0 Å². The smallest absolute Gasteiger partial charge is 0.212 e. The van der Waals surface area contributed by atoms with Crippen molar-refractivity contribution in [2.24, 2.45) is 0 Å². The van der Waals surface area contributed by atoms with Crippen LogP contribution >= 0.6 is 11.6 Å². The third-order valence-electron chi connectivity index (χ3n) is 1.79. The van der Waals surface area contributed by atoms with Crippen LogP contribution in [0.15, 0.2) is 0 Å². The van der Waals surface area contributed by atoms with Gasteiger partial charge in [-0.15, -0.1) is 11.6 Å². The zero-order valence-electron chi connectivity index (χ0n) is 9.20. The first-order valence-corrected chi connectivity index (χ1v) is 6.77. The van der Waals surface area contributed by atoms with E-state index in [9.17, 15) is 8.42 Å². The molecule has 0 bridgehead atoms. The Morgan fingerprint density at radius 3 is 2.27 bits per heavy atom. The summed E-state index contributed by atoms with van der Waals surface area (Å²) in [5.41, 5.74) is 0. The van der Waals surface area contributed by atoms with E-state index in [-0.39, 0.29) is 5.75 Å². The van der Waals surface area contributed by atoms with Crippen molar-refractivity contribution in [3.05, 3.63) is 0 Å². The molecule has 0 aliphatic rings. The first-order chi connectivity index (χ1) is 6.96. The van der Waals surface area contributed by atoms with Crippen LogP contribution in [0, 0.1) is 0 Å².